The zero-order chi connectivity index (χ0) is 16.8. The zero-order valence-electron chi connectivity index (χ0n) is 12.9. The van der Waals surface area contributed by atoms with Gasteiger partial charge in [0, 0.05) is 16.6 Å². The number of nitrogens with one attached hydrogen (secondary N) is 1. The monoisotopic (exact) mass is 339 g/mol. The molecule has 0 aliphatic heterocycles. The second-order valence-electron chi connectivity index (χ2n) is 5.17. The molecule has 1 heterocycles. The van der Waals surface area contributed by atoms with E-state index in [0.717, 1.165) is 22.5 Å². The average Bonchev–Trinajstić information content (AvgIpc) is 3.03. The molecule has 0 fully saturated rings. The fraction of sp³-hybridized carbons (Fsp3) is 0.111. The lowest BCUT2D eigenvalue weighted by atomic mass is 10.1. The first-order chi connectivity index (χ1) is 11.7. The first kappa shape index (κ1) is 16.2. The van der Waals surface area contributed by atoms with Gasteiger partial charge >= 0.3 is 0 Å². The van der Waals surface area contributed by atoms with Gasteiger partial charge in [0.1, 0.15) is 6.61 Å². The fourth-order valence-corrected chi connectivity index (χ4v) is 2.75. The maximum absolute atomic E-state index is 11.9. The maximum Gasteiger partial charge on any atom is 0.250 e. The van der Waals surface area contributed by atoms with Crippen LogP contribution in [-0.2, 0) is 16.1 Å². The van der Waals surface area contributed by atoms with Gasteiger partial charge in [0.05, 0.1) is 12.3 Å². The molecule has 1 amide bonds. The van der Waals surface area contributed by atoms with Crippen molar-refractivity contribution in [1.29, 1.82) is 0 Å². The van der Waals surface area contributed by atoms with Crippen LogP contribution < -0.4 is 11.1 Å². The van der Waals surface area contributed by atoms with Gasteiger partial charge in [-0.15, -0.1) is 11.3 Å². The van der Waals surface area contributed by atoms with E-state index in [-0.39, 0.29) is 12.5 Å². The van der Waals surface area contributed by atoms with Gasteiger partial charge in [-0.3, -0.25) is 4.79 Å². The lowest BCUT2D eigenvalue weighted by Gasteiger charge is -2.07. The van der Waals surface area contributed by atoms with Crippen LogP contribution >= 0.6 is 11.3 Å². The Morgan fingerprint density at radius 2 is 1.88 bits per heavy atom. The summed E-state index contributed by atoms with van der Waals surface area (Å²) >= 11 is 1.40. The molecule has 5 nitrogen and oxygen atoms in total. The summed E-state index contributed by atoms with van der Waals surface area (Å²) in [6.45, 7) is 0.428. The molecule has 0 aliphatic carbocycles. The molecule has 3 N–H and O–H groups in total. The molecule has 3 rings (SSSR count). The Morgan fingerprint density at radius 1 is 1.12 bits per heavy atom. The average molecular weight is 339 g/mol. The Balaban J connectivity index is 1.49. The van der Waals surface area contributed by atoms with Gasteiger partial charge in [-0.2, -0.15) is 0 Å². The van der Waals surface area contributed by atoms with Crippen LogP contribution in [0.3, 0.4) is 0 Å². The van der Waals surface area contributed by atoms with Crippen LogP contribution in [0, 0.1) is 0 Å². The molecule has 0 aliphatic rings. The van der Waals surface area contributed by atoms with Crippen molar-refractivity contribution in [2.45, 2.75) is 6.61 Å². The Labute approximate surface area is 144 Å². The van der Waals surface area contributed by atoms with E-state index in [2.05, 4.69) is 10.3 Å². The van der Waals surface area contributed by atoms with E-state index in [9.17, 15) is 4.79 Å². The van der Waals surface area contributed by atoms with E-state index in [1.54, 1.807) is 0 Å². The van der Waals surface area contributed by atoms with Crippen molar-refractivity contribution >= 4 is 28.1 Å². The zero-order valence-corrected chi connectivity index (χ0v) is 13.8. The Hall–Kier alpha value is -2.70. The highest BCUT2D eigenvalue weighted by atomic mass is 32.1. The molecule has 24 heavy (non-hydrogen) atoms. The number of hydrogen-bond donors (Lipinski definition) is 2. The third-order valence-corrected chi connectivity index (χ3v) is 4.00. The number of aromatic nitrogens is 1. The van der Waals surface area contributed by atoms with Crippen molar-refractivity contribution in [2.24, 2.45) is 0 Å². The van der Waals surface area contributed by atoms with Crippen molar-refractivity contribution in [3.63, 3.8) is 0 Å². The second-order valence-corrected chi connectivity index (χ2v) is 6.06. The number of amides is 1. The molecule has 2 aromatic carbocycles. The molecular weight excluding hydrogens is 322 g/mol. The Bertz CT molecular complexity index is 801. The molecule has 0 bridgehead atoms. The van der Waals surface area contributed by atoms with E-state index >= 15 is 0 Å². The number of nitrogen functional groups attached to an aromatic ring is 1. The summed E-state index contributed by atoms with van der Waals surface area (Å²) in [4.78, 5) is 16.1. The molecule has 0 radical (unpaired) electrons. The van der Waals surface area contributed by atoms with Crippen molar-refractivity contribution in [1.82, 2.24) is 4.98 Å². The number of nitrogens with two attached hydrogens (primary N) is 1. The minimum Gasteiger partial charge on any atom is -0.375 e. The molecule has 0 saturated heterocycles. The normalized spacial score (nSPS) is 10.5. The summed E-state index contributed by atoms with van der Waals surface area (Å²) in [5.41, 5.74) is 9.19. The molecule has 3 aromatic rings. The van der Waals surface area contributed by atoms with Gasteiger partial charge in [0.15, 0.2) is 5.13 Å². The van der Waals surface area contributed by atoms with E-state index < -0.39 is 0 Å². The minimum absolute atomic E-state index is 0.0132. The molecule has 6 heteroatoms. The molecular formula is C18H17N3O2S. The van der Waals surface area contributed by atoms with Crippen molar-refractivity contribution in [3.8, 4) is 11.3 Å². The maximum atomic E-state index is 11.9. The predicted molar refractivity (Wildman–Crippen MR) is 96.7 cm³/mol. The van der Waals surface area contributed by atoms with E-state index in [1.165, 1.54) is 11.3 Å². The Morgan fingerprint density at radius 3 is 2.54 bits per heavy atom. The summed E-state index contributed by atoms with van der Waals surface area (Å²) < 4.78 is 5.41. The first-order valence-electron chi connectivity index (χ1n) is 7.44. The van der Waals surface area contributed by atoms with Crippen LogP contribution in [0.25, 0.3) is 11.3 Å². The minimum atomic E-state index is -0.184. The highest BCUT2D eigenvalue weighted by Gasteiger charge is 2.05. The van der Waals surface area contributed by atoms with Crippen molar-refractivity contribution in [3.05, 3.63) is 65.5 Å². The number of rotatable bonds is 6. The molecule has 0 atom stereocenters. The van der Waals surface area contributed by atoms with E-state index in [4.69, 9.17) is 10.5 Å². The van der Waals surface area contributed by atoms with Crippen molar-refractivity contribution < 1.29 is 9.53 Å². The highest BCUT2D eigenvalue weighted by molar-refractivity contribution is 7.13. The molecule has 122 valence electrons. The smallest absolute Gasteiger partial charge is 0.250 e. The predicted octanol–water partition coefficient (Wildman–Crippen LogP) is 3.55. The lowest BCUT2D eigenvalue weighted by molar-refractivity contribution is -0.121. The number of nitrogens with zero attached hydrogens (tertiary/aromatic N) is 1. The number of ether oxygens (including phenoxy) is 1. The van der Waals surface area contributed by atoms with Crippen LogP contribution in [-0.4, -0.2) is 17.5 Å². The third kappa shape index (κ3) is 4.41. The number of thiazole rings is 1. The van der Waals surface area contributed by atoms with E-state index in [0.29, 0.717) is 11.7 Å². The number of carbonyl (C=O) groups excluding carboxylic acids is 1. The number of hydrogen-bond acceptors (Lipinski definition) is 5. The number of carbonyl (C=O) groups is 1. The van der Waals surface area contributed by atoms with Crippen LogP contribution in [0.5, 0.6) is 0 Å². The van der Waals surface area contributed by atoms with Crippen molar-refractivity contribution in [2.75, 3.05) is 17.7 Å². The molecule has 1 aromatic heterocycles. The number of benzene rings is 2. The van der Waals surface area contributed by atoms with Gasteiger partial charge in [-0.1, -0.05) is 42.5 Å². The second kappa shape index (κ2) is 7.72. The number of anilines is 2. The lowest BCUT2D eigenvalue weighted by Crippen LogP contribution is -2.18. The van der Waals surface area contributed by atoms with Gasteiger partial charge in [0.25, 0.3) is 0 Å². The van der Waals surface area contributed by atoms with Gasteiger partial charge in [0.2, 0.25) is 5.91 Å². The standard InChI is InChI=1S/C18H17N3O2S/c19-18-21-16(12-24-18)14-6-8-15(9-7-14)20-17(22)11-23-10-13-4-2-1-3-5-13/h1-9,12H,10-11H2,(H2,19,21)(H,20,22). The highest BCUT2D eigenvalue weighted by Crippen LogP contribution is 2.24. The molecule has 0 saturated carbocycles. The van der Waals surface area contributed by atoms with Crippen LogP contribution in [0.4, 0.5) is 10.8 Å². The largest absolute Gasteiger partial charge is 0.375 e. The van der Waals surface area contributed by atoms with Crippen LogP contribution in [0.1, 0.15) is 5.56 Å². The third-order valence-electron chi connectivity index (χ3n) is 3.33. The quantitative estimate of drug-likeness (QED) is 0.720. The SMILES string of the molecule is Nc1nc(-c2ccc(NC(=O)COCc3ccccc3)cc2)cs1. The van der Waals surface area contributed by atoms with Gasteiger partial charge in [-0.05, 0) is 17.7 Å². The summed E-state index contributed by atoms with van der Waals surface area (Å²) in [5, 5.41) is 5.25. The summed E-state index contributed by atoms with van der Waals surface area (Å²) in [7, 11) is 0. The van der Waals surface area contributed by atoms with E-state index in [1.807, 2.05) is 60.0 Å². The fourth-order valence-electron chi connectivity index (χ4n) is 2.18. The summed E-state index contributed by atoms with van der Waals surface area (Å²) in [6.07, 6.45) is 0. The van der Waals surface area contributed by atoms with Gasteiger partial charge < -0.3 is 15.8 Å². The van der Waals surface area contributed by atoms with Gasteiger partial charge in [-0.25, -0.2) is 4.98 Å². The van der Waals surface area contributed by atoms with Crippen LogP contribution in [0.2, 0.25) is 0 Å². The molecule has 0 unspecified atom stereocenters. The topological polar surface area (TPSA) is 77.2 Å². The summed E-state index contributed by atoms with van der Waals surface area (Å²) in [6, 6.07) is 17.2. The molecule has 0 spiro atoms. The Kier molecular flexibility index (Phi) is 5.20. The van der Waals surface area contributed by atoms with Crippen LogP contribution in [0.15, 0.2) is 60.0 Å². The summed E-state index contributed by atoms with van der Waals surface area (Å²) in [5.74, 6) is -0.184. The first-order valence-corrected chi connectivity index (χ1v) is 8.31.